The average molecular weight is 453 g/mol. The van der Waals surface area contributed by atoms with Crippen molar-refractivity contribution in [1.29, 1.82) is 0 Å². The summed E-state index contributed by atoms with van der Waals surface area (Å²) in [7, 11) is -3.50. The maximum atomic E-state index is 12.6. The first-order chi connectivity index (χ1) is 15.3. The molecule has 168 valence electrons. The first-order valence-corrected chi connectivity index (χ1v) is 12.2. The predicted molar refractivity (Wildman–Crippen MR) is 127 cm³/mol. The van der Waals surface area contributed by atoms with Gasteiger partial charge in [-0.05, 0) is 49.7 Å². The average Bonchev–Trinajstić information content (AvgIpc) is 2.77. The Morgan fingerprint density at radius 1 is 0.969 bits per heavy atom. The second-order valence-electron chi connectivity index (χ2n) is 7.53. The standard InChI is InChI=1S/C25H28N2O4S/c1-4-31-24-8-6-5-7-22(24)17-26-25(28)21-13-15-23(16-14-21)27(32(3,29)30)18-20-11-9-19(2)10-12-20/h5-16H,4,17-18H2,1-3H3,(H,26,28). The number of carbonyl (C=O) groups excluding carboxylic acids is 1. The molecule has 0 saturated heterocycles. The highest BCUT2D eigenvalue weighted by atomic mass is 32.2. The molecular weight excluding hydrogens is 424 g/mol. The number of amides is 1. The number of rotatable bonds is 9. The van der Waals surface area contributed by atoms with Crippen molar-refractivity contribution < 1.29 is 17.9 Å². The first-order valence-electron chi connectivity index (χ1n) is 10.4. The first kappa shape index (κ1) is 23.3. The number of aryl methyl sites for hydroxylation is 1. The Balaban J connectivity index is 1.72. The number of nitrogens with one attached hydrogen (secondary N) is 1. The summed E-state index contributed by atoms with van der Waals surface area (Å²) in [6.45, 7) is 5.00. The third-order valence-electron chi connectivity index (χ3n) is 4.98. The summed E-state index contributed by atoms with van der Waals surface area (Å²) < 4.78 is 31.7. The van der Waals surface area contributed by atoms with Gasteiger partial charge in [0.2, 0.25) is 10.0 Å². The van der Waals surface area contributed by atoms with Crippen molar-refractivity contribution in [2.75, 3.05) is 17.2 Å². The van der Waals surface area contributed by atoms with Crippen LogP contribution in [0, 0.1) is 6.92 Å². The van der Waals surface area contributed by atoms with Crippen LogP contribution in [0.25, 0.3) is 0 Å². The zero-order valence-electron chi connectivity index (χ0n) is 18.5. The Morgan fingerprint density at radius 2 is 1.62 bits per heavy atom. The highest BCUT2D eigenvalue weighted by molar-refractivity contribution is 7.92. The molecule has 6 nitrogen and oxygen atoms in total. The topological polar surface area (TPSA) is 75.7 Å². The Morgan fingerprint density at radius 3 is 2.25 bits per heavy atom. The molecule has 0 aliphatic heterocycles. The number of hydrogen-bond donors (Lipinski definition) is 1. The summed E-state index contributed by atoms with van der Waals surface area (Å²) >= 11 is 0. The third-order valence-corrected chi connectivity index (χ3v) is 6.12. The zero-order valence-corrected chi connectivity index (χ0v) is 19.4. The van der Waals surface area contributed by atoms with Crippen LogP contribution >= 0.6 is 0 Å². The van der Waals surface area contributed by atoms with Crippen LogP contribution in [0.3, 0.4) is 0 Å². The normalized spacial score (nSPS) is 11.1. The van der Waals surface area contributed by atoms with Gasteiger partial charge in [0.15, 0.2) is 0 Å². The molecule has 0 unspecified atom stereocenters. The van der Waals surface area contributed by atoms with Crippen molar-refractivity contribution in [3.63, 3.8) is 0 Å². The van der Waals surface area contributed by atoms with Crippen LogP contribution < -0.4 is 14.4 Å². The molecule has 0 heterocycles. The van der Waals surface area contributed by atoms with Crippen molar-refractivity contribution >= 4 is 21.6 Å². The monoisotopic (exact) mass is 452 g/mol. The summed E-state index contributed by atoms with van der Waals surface area (Å²) in [5.74, 6) is 0.498. The molecular formula is C25H28N2O4S. The highest BCUT2D eigenvalue weighted by Gasteiger charge is 2.18. The quantitative estimate of drug-likeness (QED) is 0.526. The van der Waals surface area contributed by atoms with E-state index in [9.17, 15) is 13.2 Å². The van der Waals surface area contributed by atoms with Gasteiger partial charge >= 0.3 is 0 Å². The van der Waals surface area contributed by atoms with Crippen LogP contribution in [0.15, 0.2) is 72.8 Å². The number of benzene rings is 3. The number of para-hydroxylation sites is 1. The van der Waals surface area contributed by atoms with E-state index in [1.165, 1.54) is 10.6 Å². The van der Waals surface area contributed by atoms with Crippen LogP contribution in [0.2, 0.25) is 0 Å². The van der Waals surface area contributed by atoms with Gasteiger partial charge in [-0.3, -0.25) is 9.10 Å². The zero-order chi connectivity index (χ0) is 23.1. The number of carbonyl (C=O) groups is 1. The molecule has 0 bridgehead atoms. The summed E-state index contributed by atoms with van der Waals surface area (Å²) in [6, 6.07) is 21.9. The van der Waals surface area contributed by atoms with Crippen LogP contribution in [0.4, 0.5) is 5.69 Å². The molecule has 1 N–H and O–H groups in total. The van der Waals surface area contributed by atoms with Gasteiger partial charge < -0.3 is 10.1 Å². The number of ether oxygens (including phenoxy) is 1. The summed E-state index contributed by atoms with van der Waals surface area (Å²) in [5, 5.41) is 2.89. The smallest absolute Gasteiger partial charge is 0.251 e. The lowest BCUT2D eigenvalue weighted by Gasteiger charge is -2.23. The molecule has 0 fully saturated rings. The van der Waals surface area contributed by atoms with E-state index in [1.54, 1.807) is 24.3 Å². The van der Waals surface area contributed by atoms with E-state index in [1.807, 2.05) is 62.4 Å². The second-order valence-corrected chi connectivity index (χ2v) is 9.43. The van der Waals surface area contributed by atoms with Crippen molar-refractivity contribution in [1.82, 2.24) is 5.32 Å². The highest BCUT2D eigenvalue weighted by Crippen LogP contribution is 2.22. The lowest BCUT2D eigenvalue weighted by molar-refractivity contribution is 0.0950. The molecule has 3 rings (SSSR count). The number of anilines is 1. The fraction of sp³-hybridized carbons (Fsp3) is 0.240. The molecule has 32 heavy (non-hydrogen) atoms. The fourth-order valence-corrected chi connectivity index (χ4v) is 4.15. The Hall–Kier alpha value is -3.32. The van der Waals surface area contributed by atoms with E-state index in [0.717, 1.165) is 22.4 Å². The molecule has 0 radical (unpaired) electrons. The molecule has 3 aromatic carbocycles. The summed E-state index contributed by atoms with van der Waals surface area (Å²) in [5.41, 5.74) is 3.84. The van der Waals surface area contributed by atoms with Crippen molar-refractivity contribution in [3.8, 4) is 5.75 Å². The largest absolute Gasteiger partial charge is 0.494 e. The Kier molecular flexibility index (Phi) is 7.53. The lowest BCUT2D eigenvalue weighted by Crippen LogP contribution is -2.29. The van der Waals surface area contributed by atoms with Gasteiger partial charge in [-0.25, -0.2) is 8.42 Å². The minimum atomic E-state index is -3.50. The van der Waals surface area contributed by atoms with E-state index in [4.69, 9.17) is 4.74 Å². The lowest BCUT2D eigenvalue weighted by atomic mass is 10.1. The minimum Gasteiger partial charge on any atom is -0.494 e. The molecule has 0 aliphatic carbocycles. The number of nitrogens with zero attached hydrogens (tertiary/aromatic N) is 1. The third kappa shape index (κ3) is 6.11. The molecule has 3 aromatic rings. The van der Waals surface area contributed by atoms with Gasteiger partial charge in [0.05, 0.1) is 25.1 Å². The van der Waals surface area contributed by atoms with Gasteiger partial charge in [-0.15, -0.1) is 0 Å². The van der Waals surface area contributed by atoms with E-state index < -0.39 is 10.0 Å². The second kappa shape index (κ2) is 10.3. The van der Waals surface area contributed by atoms with Gasteiger partial charge in [-0.2, -0.15) is 0 Å². The van der Waals surface area contributed by atoms with Crippen LogP contribution in [-0.4, -0.2) is 27.2 Å². The molecule has 1 amide bonds. The maximum absolute atomic E-state index is 12.6. The fourth-order valence-electron chi connectivity index (χ4n) is 3.26. The molecule has 0 aliphatic rings. The van der Waals surface area contributed by atoms with E-state index in [2.05, 4.69) is 5.32 Å². The van der Waals surface area contributed by atoms with E-state index >= 15 is 0 Å². The van der Waals surface area contributed by atoms with Gasteiger partial charge in [0, 0.05) is 17.7 Å². The van der Waals surface area contributed by atoms with Gasteiger partial charge in [0.1, 0.15) is 5.75 Å². The van der Waals surface area contributed by atoms with Crippen LogP contribution in [0.5, 0.6) is 5.75 Å². The van der Waals surface area contributed by atoms with Crippen LogP contribution in [0.1, 0.15) is 34.0 Å². The maximum Gasteiger partial charge on any atom is 0.251 e. The van der Waals surface area contributed by atoms with Gasteiger partial charge in [-0.1, -0.05) is 48.0 Å². The Labute approximate surface area is 189 Å². The SMILES string of the molecule is CCOc1ccccc1CNC(=O)c1ccc(N(Cc2ccc(C)cc2)S(C)(=O)=O)cc1. The molecule has 0 saturated carbocycles. The summed E-state index contributed by atoms with van der Waals surface area (Å²) in [4.78, 5) is 12.6. The van der Waals surface area contributed by atoms with Crippen molar-refractivity contribution in [2.45, 2.75) is 26.9 Å². The van der Waals surface area contributed by atoms with Crippen LogP contribution in [-0.2, 0) is 23.1 Å². The molecule has 0 aromatic heterocycles. The van der Waals surface area contributed by atoms with Gasteiger partial charge in [0.25, 0.3) is 5.91 Å². The number of hydrogen-bond acceptors (Lipinski definition) is 4. The van der Waals surface area contributed by atoms with E-state index in [-0.39, 0.29) is 12.5 Å². The predicted octanol–water partition coefficient (Wildman–Crippen LogP) is 4.29. The molecule has 0 spiro atoms. The summed E-state index contributed by atoms with van der Waals surface area (Å²) in [6.07, 6.45) is 1.18. The number of sulfonamides is 1. The van der Waals surface area contributed by atoms with E-state index in [0.29, 0.717) is 24.4 Å². The molecule has 0 atom stereocenters. The van der Waals surface area contributed by atoms with Crippen molar-refractivity contribution in [3.05, 3.63) is 95.1 Å². The van der Waals surface area contributed by atoms with Crippen molar-refractivity contribution in [2.24, 2.45) is 0 Å². The minimum absolute atomic E-state index is 0.221. The Bertz CT molecular complexity index is 1160. The molecule has 7 heteroatoms.